The molecule has 5 nitrogen and oxygen atoms in total. The number of ether oxygens (including phenoxy) is 3. The second-order valence-electron chi connectivity index (χ2n) is 5.24. The van der Waals surface area contributed by atoms with E-state index < -0.39 is 17.2 Å². The van der Waals surface area contributed by atoms with Gasteiger partial charge in [0.05, 0.1) is 26.2 Å². The first-order valence-electron chi connectivity index (χ1n) is 7.11. The zero-order valence-electron chi connectivity index (χ0n) is 12.7. The third-order valence-electron chi connectivity index (χ3n) is 4.03. The van der Waals surface area contributed by atoms with Gasteiger partial charge in [0.2, 0.25) is 0 Å². The Bertz CT molecular complexity index is 572. The average molecular weight is 310 g/mol. The fourth-order valence-electron chi connectivity index (χ4n) is 2.88. The number of carbonyl (C=O) groups is 2. The van der Waals surface area contributed by atoms with Crippen molar-refractivity contribution in [3.8, 4) is 5.75 Å². The summed E-state index contributed by atoms with van der Waals surface area (Å²) < 4.78 is 28.7. The summed E-state index contributed by atoms with van der Waals surface area (Å²) >= 11 is 0. The van der Waals surface area contributed by atoms with Crippen LogP contribution in [0.15, 0.2) is 18.2 Å². The standard InChI is InChI=1S/C16H19FO5/c1-20-14(18)4-3-7-16(15(19)21-2)8-9-22-13-6-5-11(17)10-12(13)16/h5-6,10H,3-4,7-9H2,1-2H3. The fraction of sp³-hybridized carbons (Fsp3) is 0.500. The first-order chi connectivity index (χ1) is 10.5. The van der Waals surface area contributed by atoms with Crippen molar-refractivity contribution in [2.45, 2.75) is 31.1 Å². The van der Waals surface area contributed by atoms with E-state index in [1.54, 1.807) is 0 Å². The van der Waals surface area contributed by atoms with Gasteiger partial charge in [-0.15, -0.1) is 0 Å². The second-order valence-corrected chi connectivity index (χ2v) is 5.24. The molecular formula is C16H19FO5. The highest BCUT2D eigenvalue weighted by Gasteiger charge is 2.45. The van der Waals surface area contributed by atoms with Gasteiger partial charge >= 0.3 is 11.9 Å². The highest BCUT2D eigenvalue weighted by Crippen LogP contribution is 2.43. The third-order valence-corrected chi connectivity index (χ3v) is 4.03. The molecule has 1 atom stereocenters. The Kier molecular flexibility index (Phi) is 5.00. The van der Waals surface area contributed by atoms with Crippen molar-refractivity contribution in [2.75, 3.05) is 20.8 Å². The molecule has 22 heavy (non-hydrogen) atoms. The summed E-state index contributed by atoms with van der Waals surface area (Å²) in [5, 5.41) is 0. The molecule has 1 aromatic rings. The molecule has 1 heterocycles. The maximum atomic E-state index is 13.6. The highest BCUT2D eigenvalue weighted by atomic mass is 19.1. The van der Waals surface area contributed by atoms with Gasteiger partial charge in [0.1, 0.15) is 11.6 Å². The number of hydrogen-bond acceptors (Lipinski definition) is 5. The van der Waals surface area contributed by atoms with Crippen LogP contribution in [-0.2, 0) is 24.5 Å². The number of rotatable bonds is 5. The van der Waals surface area contributed by atoms with E-state index in [-0.39, 0.29) is 12.4 Å². The molecule has 0 N–H and O–H groups in total. The van der Waals surface area contributed by atoms with Crippen LogP contribution >= 0.6 is 0 Å². The molecule has 0 amide bonds. The summed E-state index contributed by atoms with van der Waals surface area (Å²) in [6.07, 6.45) is 1.39. The third kappa shape index (κ3) is 3.05. The molecule has 0 spiro atoms. The van der Waals surface area contributed by atoms with Gasteiger partial charge in [-0.2, -0.15) is 0 Å². The fourth-order valence-corrected chi connectivity index (χ4v) is 2.88. The summed E-state index contributed by atoms with van der Waals surface area (Å²) in [5.74, 6) is -0.735. The van der Waals surface area contributed by atoms with Gasteiger partial charge in [0.15, 0.2) is 0 Å². The smallest absolute Gasteiger partial charge is 0.316 e. The van der Waals surface area contributed by atoms with E-state index in [9.17, 15) is 14.0 Å². The Morgan fingerprint density at radius 2 is 2.09 bits per heavy atom. The highest BCUT2D eigenvalue weighted by molar-refractivity contribution is 5.84. The van der Waals surface area contributed by atoms with E-state index in [0.717, 1.165) is 0 Å². The van der Waals surface area contributed by atoms with Gasteiger partial charge in [-0.05, 0) is 31.0 Å². The molecule has 0 aromatic heterocycles. The summed E-state index contributed by atoms with van der Waals surface area (Å²) in [6, 6.07) is 4.12. The van der Waals surface area contributed by atoms with Crippen molar-refractivity contribution < 1.29 is 28.2 Å². The molecular weight excluding hydrogens is 291 g/mol. The van der Waals surface area contributed by atoms with Gasteiger partial charge in [0.25, 0.3) is 0 Å². The first-order valence-corrected chi connectivity index (χ1v) is 7.11. The quantitative estimate of drug-likeness (QED) is 0.781. The van der Waals surface area contributed by atoms with E-state index in [2.05, 4.69) is 4.74 Å². The predicted octanol–water partition coefficient (Wildman–Crippen LogP) is 2.36. The van der Waals surface area contributed by atoms with Gasteiger partial charge in [-0.3, -0.25) is 9.59 Å². The molecule has 1 aliphatic heterocycles. The van der Waals surface area contributed by atoms with Crippen LogP contribution in [0.3, 0.4) is 0 Å². The molecule has 0 saturated heterocycles. The summed E-state index contributed by atoms with van der Waals surface area (Å²) in [6.45, 7) is 0.339. The Hall–Kier alpha value is -2.11. The van der Waals surface area contributed by atoms with Gasteiger partial charge in [-0.1, -0.05) is 0 Å². The first kappa shape index (κ1) is 16.3. The number of carbonyl (C=O) groups excluding carboxylic acids is 2. The lowest BCUT2D eigenvalue weighted by Gasteiger charge is -2.36. The number of benzene rings is 1. The van der Waals surface area contributed by atoms with Crippen LogP contribution in [0.2, 0.25) is 0 Å². The van der Waals surface area contributed by atoms with E-state index in [1.165, 1.54) is 32.4 Å². The molecule has 120 valence electrons. The zero-order chi connectivity index (χ0) is 16.2. The molecule has 6 heteroatoms. The number of methoxy groups -OCH3 is 2. The van der Waals surface area contributed by atoms with E-state index in [4.69, 9.17) is 9.47 Å². The van der Waals surface area contributed by atoms with Crippen molar-refractivity contribution in [1.82, 2.24) is 0 Å². The molecule has 1 aromatic carbocycles. The summed E-state index contributed by atoms with van der Waals surface area (Å²) in [4.78, 5) is 23.7. The topological polar surface area (TPSA) is 61.8 Å². The summed E-state index contributed by atoms with van der Waals surface area (Å²) in [5.41, 5.74) is -0.506. The van der Waals surface area contributed by atoms with Crippen molar-refractivity contribution in [3.63, 3.8) is 0 Å². The lowest BCUT2D eigenvalue weighted by molar-refractivity contribution is -0.150. The number of hydrogen-bond donors (Lipinski definition) is 0. The van der Waals surface area contributed by atoms with Crippen molar-refractivity contribution >= 4 is 11.9 Å². The minimum Gasteiger partial charge on any atom is -0.493 e. The Morgan fingerprint density at radius 1 is 1.32 bits per heavy atom. The molecule has 0 aliphatic carbocycles. The van der Waals surface area contributed by atoms with Crippen LogP contribution in [0.5, 0.6) is 5.75 Å². The number of halogens is 1. The maximum Gasteiger partial charge on any atom is 0.316 e. The van der Waals surface area contributed by atoms with Crippen LogP contribution < -0.4 is 4.74 Å². The van der Waals surface area contributed by atoms with Crippen LogP contribution in [0.4, 0.5) is 4.39 Å². The van der Waals surface area contributed by atoms with E-state index in [0.29, 0.717) is 37.2 Å². The maximum absolute atomic E-state index is 13.6. The Balaban J connectivity index is 2.33. The number of esters is 2. The van der Waals surface area contributed by atoms with E-state index >= 15 is 0 Å². The lowest BCUT2D eigenvalue weighted by atomic mass is 9.72. The predicted molar refractivity (Wildman–Crippen MR) is 76.1 cm³/mol. The summed E-state index contributed by atoms with van der Waals surface area (Å²) in [7, 11) is 2.62. The minimum absolute atomic E-state index is 0.195. The van der Waals surface area contributed by atoms with Crippen LogP contribution in [0, 0.1) is 5.82 Å². The van der Waals surface area contributed by atoms with Crippen molar-refractivity contribution in [3.05, 3.63) is 29.6 Å². The lowest BCUT2D eigenvalue weighted by Crippen LogP contribution is -2.41. The minimum atomic E-state index is -0.988. The largest absolute Gasteiger partial charge is 0.493 e. The van der Waals surface area contributed by atoms with E-state index in [1.807, 2.05) is 0 Å². The zero-order valence-corrected chi connectivity index (χ0v) is 12.7. The average Bonchev–Trinajstić information content (AvgIpc) is 2.54. The van der Waals surface area contributed by atoms with Gasteiger partial charge in [0, 0.05) is 18.4 Å². The molecule has 0 bridgehead atoms. The molecule has 0 saturated carbocycles. The Morgan fingerprint density at radius 3 is 2.77 bits per heavy atom. The molecule has 2 rings (SSSR count). The van der Waals surface area contributed by atoms with Crippen molar-refractivity contribution in [2.24, 2.45) is 0 Å². The molecule has 1 aliphatic rings. The van der Waals surface area contributed by atoms with Crippen LogP contribution in [-0.4, -0.2) is 32.8 Å². The second kappa shape index (κ2) is 6.77. The normalized spacial score (nSPS) is 19.8. The monoisotopic (exact) mass is 310 g/mol. The number of fused-ring (bicyclic) bond motifs is 1. The van der Waals surface area contributed by atoms with Gasteiger partial charge in [-0.25, -0.2) is 4.39 Å². The van der Waals surface area contributed by atoms with Gasteiger partial charge < -0.3 is 14.2 Å². The molecule has 0 fully saturated rings. The van der Waals surface area contributed by atoms with Crippen LogP contribution in [0.1, 0.15) is 31.2 Å². The molecule has 0 radical (unpaired) electrons. The van der Waals surface area contributed by atoms with Crippen LogP contribution in [0.25, 0.3) is 0 Å². The SMILES string of the molecule is COC(=O)CCCC1(C(=O)OC)CCOc2ccc(F)cc21. The Labute approximate surface area is 128 Å². The molecule has 1 unspecified atom stereocenters. The van der Waals surface area contributed by atoms with Crippen molar-refractivity contribution in [1.29, 1.82) is 0 Å².